The molecule has 0 spiro atoms. The minimum Gasteiger partial charge on any atom is -0.340 e. The molecule has 4 rings (SSSR count). The molecule has 0 N–H and O–H groups in total. The third kappa shape index (κ3) is 4.40. The van der Waals surface area contributed by atoms with Crippen LogP contribution in [0, 0.1) is 5.92 Å². The molecule has 2 aliphatic rings. The summed E-state index contributed by atoms with van der Waals surface area (Å²) >= 11 is 7.99. The molecule has 0 aliphatic carbocycles. The van der Waals surface area contributed by atoms with Gasteiger partial charge in [-0.2, -0.15) is 0 Å². The zero-order chi connectivity index (χ0) is 19.5. The van der Waals surface area contributed by atoms with E-state index in [1.807, 2.05) is 29.2 Å². The smallest absolute Gasteiger partial charge is 0.228 e. The molecular weight excluding hydrogens is 394 g/mol. The second-order valence-corrected chi connectivity index (χ2v) is 8.89. The Kier molecular flexibility index (Phi) is 5.99. The van der Waals surface area contributed by atoms with E-state index in [9.17, 15) is 9.59 Å². The summed E-state index contributed by atoms with van der Waals surface area (Å²) in [6, 6.07) is 11.8. The van der Waals surface area contributed by atoms with E-state index in [0.29, 0.717) is 24.5 Å². The summed E-state index contributed by atoms with van der Waals surface area (Å²) in [6.07, 6.45) is 0.304. The first-order valence-corrected chi connectivity index (χ1v) is 10.9. The normalized spacial score (nSPS) is 20.8. The lowest BCUT2D eigenvalue weighted by Crippen LogP contribution is -2.50. The summed E-state index contributed by atoms with van der Waals surface area (Å²) in [6.45, 7) is 5.14. The summed E-state index contributed by atoms with van der Waals surface area (Å²) in [5.41, 5.74) is 0.924. The van der Waals surface area contributed by atoms with Crippen molar-refractivity contribution in [2.75, 3.05) is 32.7 Å². The maximum atomic E-state index is 12.9. The first kappa shape index (κ1) is 19.4. The van der Waals surface area contributed by atoms with E-state index in [1.54, 1.807) is 16.2 Å². The summed E-state index contributed by atoms with van der Waals surface area (Å²) in [5, 5.41) is 2.76. The van der Waals surface area contributed by atoms with Gasteiger partial charge in [0, 0.05) is 62.1 Å². The second kappa shape index (κ2) is 8.64. The van der Waals surface area contributed by atoms with Gasteiger partial charge in [0.15, 0.2) is 0 Å². The number of nitrogens with zero attached hydrogens (tertiary/aromatic N) is 3. The highest BCUT2D eigenvalue weighted by Gasteiger charge is 2.37. The maximum Gasteiger partial charge on any atom is 0.228 e. The fourth-order valence-electron chi connectivity index (χ4n) is 3.93. The highest BCUT2D eigenvalue weighted by Crippen LogP contribution is 2.25. The minimum atomic E-state index is -0.237. The van der Waals surface area contributed by atoms with E-state index in [4.69, 9.17) is 11.6 Å². The van der Waals surface area contributed by atoms with Gasteiger partial charge in [0.2, 0.25) is 11.8 Å². The number of amides is 2. The molecule has 2 saturated heterocycles. The molecule has 2 fully saturated rings. The third-order valence-corrected chi connectivity index (χ3v) is 6.76. The Hall–Kier alpha value is -1.89. The standard InChI is InChI=1S/C21H24ClN3O2S/c22-19-6-2-1-4-16(19)13-25-14-17(12-20(25)26)21(27)24-9-7-23(8-10-24)15-18-5-3-11-28-18/h1-6,11,17H,7-10,12-15H2/t17-/m0/s1. The van der Waals surface area contributed by atoms with E-state index in [0.717, 1.165) is 38.3 Å². The lowest BCUT2D eigenvalue weighted by Gasteiger charge is -2.35. The van der Waals surface area contributed by atoms with Crippen molar-refractivity contribution in [2.24, 2.45) is 5.92 Å². The number of carbonyl (C=O) groups excluding carboxylic acids is 2. The van der Waals surface area contributed by atoms with Crippen molar-refractivity contribution in [1.82, 2.24) is 14.7 Å². The number of carbonyl (C=O) groups is 2. The molecule has 1 aromatic heterocycles. The van der Waals surface area contributed by atoms with Crippen LogP contribution in [0.3, 0.4) is 0 Å². The molecule has 0 radical (unpaired) electrons. The molecule has 2 aromatic rings. The monoisotopic (exact) mass is 417 g/mol. The highest BCUT2D eigenvalue weighted by molar-refractivity contribution is 7.09. The van der Waals surface area contributed by atoms with Crippen LogP contribution in [0.2, 0.25) is 5.02 Å². The maximum absolute atomic E-state index is 12.9. The quantitative estimate of drug-likeness (QED) is 0.750. The Morgan fingerprint density at radius 3 is 2.57 bits per heavy atom. The van der Waals surface area contributed by atoms with Crippen molar-refractivity contribution in [2.45, 2.75) is 19.5 Å². The number of benzene rings is 1. The Morgan fingerprint density at radius 1 is 1.07 bits per heavy atom. The molecule has 7 heteroatoms. The molecule has 2 amide bonds. The van der Waals surface area contributed by atoms with Crippen molar-refractivity contribution in [1.29, 1.82) is 0 Å². The molecule has 0 bridgehead atoms. The van der Waals surface area contributed by atoms with Crippen LogP contribution < -0.4 is 0 Å². The van der Waals surface area contributed by atoms with Gasteiger partial charge in [-0.1, -0.05) is 35.9 Å². The first-order chi connectivity index (χ1) is 13.6. The summed E-state index contributed by atoms with van der Waals surface area (Å²) in [7, 11) is 0. The molecule has 5 nitrogen and oxygen atoms in total. The van der Waals surface area contributed by atoms with Crippen molar-refractivity contribution in [3.63, 3.8) is 0 Å². The zero-order valence-corrected chi connectivity index (χ0v) is 17.3. The lowest BCUT2D eigenvalue weighted by molar-refractivity contribution is -0.137. The van der Waals surface area contributed by atoms with E-state index >= 15 is 0 Å². The Bertz CT molecular complexity index is 834. The van der Waals surface area contributed by atoms with Gasteiger partial charge in [0.1, 0.15) is 0 Å². The number of rotatable bonds is 5. The third-order valence-electron chi connectivity index (χ3n) is 5.53. The van der Waals surface area contributed by atoms with Crippen LogP contribution in [0.15, 0.2) is 41.8 Å². The van der Waals surface area contributed by atoms with Gasteiger partial charge in [-0.25, -0.2) is 0 Å². The number of hydrogen-bond acceptors (Lipinski definition) is 4. The first-order valence-electron chi connectivity index (χ1n) is 9.65. The number of likely N-dealkylation sites (tertiary alicyclic amines) is 1. The van der Waals surface area contributed by atoms with Gasteiger partial charge < -0.3 is 9.80 Å². The molecule has 1 aromatic carbocycles. The van der Waals surface area contributed by atoms with Crippen LogP contribution in [0.4, 0.5) is 0 Å². The Balaban J connectivity index is 1.29. The van der Waals surface area contributed by atoms with Crippen molar-refractivity contribution in [3.05, 3.63) is 57.2 Å². The highest BCUT2D eigenvalue weighted by atomic mass is 35.5. The second-order valence-electron chi connectivity index (χ2n) is 7.45. The summed E-state index contributed by atoms with van der Waals surface area (Å²) < 4.78 is 0. The van der Waals surface area contributed by atoms with Crippen LogP contribution in [-0.2, 0) is 22.7 Å². The van der Waals surface area contributed by atoms with E-state index in [1.165, 1.54) is 4.88 Å². The molecule has 148 valence electrons. The van der Waals surface area contributed by atoms with Crippen LogP contribution in [0.5, 0.6) is 0 Å². The van der Waals surface area contributed by atoms with Crippen molar-refractivity contribution >= 4 is 34.8 Å². The van der Waals surface area contributed by atoms with Crippen molar-refractivity contribution in [3.8, 4) is 0 Å². The molecule has 0 unspecified atom stereocenters. The molecule has 2 aliphatic heterocycles. The number of halogens is 1. The number of thiophene rings is 1. The Morgan fingerprint density at radius 2 is 1.86 bits per heavy atom. The average Bonchev–Trinajstić information content (AvgIpc) is 3.34. The van der Waals surface area contributed by atoms with Gasteiger partial charge >= 0.3 is 0 Å². The lowest BCUT2D eigenvalue weighted by atomic mass is 10.1. The Labute approximate surface area is 174 Å². The number of piperazine rings is 1. The van der Waals surface area contributed by atoms with Crippen LogP contribution in [0.25, 0.3) is 0 Å². The molecule has 28 heavy (non-hydrogen) atoms. The van der Waals surface area contributed by atoms with Gasteiger partial charge in [-0.3, -0.25) is 14.5 Å². The van der Waals surface area contributed by atoms with Gasteiger partial charge in [-0.05, 0) is 23.1 Å². The van der Waals surface area contributed by atoms with Gasteiger partial charge in [0.05, 0.1) is 5.92 Å². The van der Waals surface area contributed by atoms with Crippen LogP contribution in [-0.4, -0.2) is 59.2 Å². The van der Waals surface area contributed by atoms with E-state index in [2.05, 4.69) is 22.4 Å². The van der Waals surface area contributed by atoms with Crippen molar-refractivity contribution < 1.29 is 9.59 Å². The number of hydrogen-bond donors (Lipinski definition) is 0. The van der Waals surface area contributed by atoms with E-state index in [-0.39, 0.29) is 17.7 Å². The van der Waals surface area contributed by atoms with Crippen LogP contribution in [0.1, 0.15) is 16.9 Å². The predicted octanol–water partition coefficient (Wildman–Crippen LogP) is 3.09. The predicted molar refractivity (Wildman–Crippen MR) is 111 cm³/mol. The fourth-order valence-corrected chi connectivity index (χ4v) is 4.87. The molecule has 3 heterocycles. The van der Waals surface area contributed by atoms with Crippen LogP contribution >= 0.6 is 22.9 Å². The van der Waals surface area contributed by atoms with Gasteiger partial charge in [0.25, 0.3) is 0 Å². The zero-order valence-electron chi connectivity index (χ0n) is 15.7. The van der Waals surface area contributed by atoms with E-state index < -0.39 is 0 Å². The topological polar surface area (TPSA) is 43.9 Å². The minimum absolute atomic E-state index is 0.0367. The molecule has 0 saturated carbocycles. The average molecular weight is 418 g/mol. The molecular formula is C21H24ClN3O2S. The summed E-state index contributed by atoms with van der Waals surface area (Å²) in [5.74, 6) is -0.0841. The SMILES string of the molecule is O=C1C[C@H](C(=O)N2CCN(Cc3cccs3)CC2)CN1Cc1ccccc1Cl. The largest absolute Gasteiger partial charge is 0.340 e. The van der Waals surface area contributed by atoms with Gasteiger partial charge in [-0.15, -0.1) is 11.3 Å². The summed E-state index contributed by atoms with van der Waals surface area (Å²) in [4.78, 5) is 32.8. The fraction of sp³-hybridized carbons (Fsp3) is 0.429. The molecule has 1 atom stereocenters.